The minimum absolute atomic E-state index is 0.000928. The van der Waals surface area contributed by atoms with E-state index in [1.807, 2.05) is 49.4 Å². The summed E-state index contributed by atoms with van der Waals surface area (Å²) < 4.78 is 2.15. The lowest BCUT2D eigenvalue weighted by molar-refractivity contribution is -0.121. The number of fused-ring (bicyclic) bond motifs is 1. The first-order valence-corrected chi connectivity index (χ1v) is 12.4. The molecule has 2 aromatic carbocycles. The highest BCUT2D eigenvalue weighted by Crippen LogP contribution is 2.39. The molecule has 2 amide bonds. The van der Waals surface area contributed by atoms with Gasteiger partial charge in [0.1, 0.15) is 6.54 Å². The standard InChI is InChI=1S/C24H24ClN5O2S/c1-15(23(32)29-14-21(31)26-19-12-6-7-13-20(19)29)33-24-28-27-22(17-10-4-5-11-18(17)25)30(24)16-8-2-3-9-16/h4-7,10-13,15-16H,2-3,8-9,14H2,1H3,(H,26,31)/t15-/m1/s1. The fraction of sp³-hybridized carbons (Fsp3) is 0.333. The van der Waals surface area contributed by atoms with Crippen LogP contribution in [0.3, 0.4) is 0 Å². The van der Waals surface area contributed by atoms with Crippen molar-refractivity contribution in [3.63, 3.8) is 0 Å². The van der Waals surface area contributed by atoms with Crippen molar-refractivity contribution < 1.29 is 9.59 Å². The quantitative estimate of drug-likeness (QED) is 0.508. The second-order valence-electron chi connectivity index (χ2n) is 8.34. The molecule has 1 aliphatic heterocycles. The molecule has 9 heteroatoms. The van der Waals surface area contributed by atoms with E-state index in [4.69, 9.17) is 11.6 Å². The molecule has 1 aromatic heterocycles. The molecule has 1 aliphatic carbocycles. The molecule has 3 aromatic rings. The van der Waals surface area contributed by atoms with Crippen LogP contribution in [0.1, 0.15) is 38.6 Å². The molecule has 0 bridgehead atoms. The van der Waals surface area contributed by atoms with E-state index in [1.165, 1.54) is 11.8 Å². The van der Waals surface area contributed by atoms with E-state index in [0.717, 1.165) is 37.1 Å². The number of carbonyl (C=O) groups excluding carboxylic acids is 2. The van der Waals surface area contributed by atoms with Crippen molar-refractivity contribution >= 4 is 46.6 Å². The van der Waals surface area contributed by atoms with E-state index in [2.05, 4.69) is 20.1 Å². The third-order valence-electron chi connectivity index (χ3n) is 6.14. The Bertz CT molecular complexity index is 1210. The Kier molecular flexibility index (Phi) is 6.12. The molecule has 1 saturated carbocycles. The zero-order chi connectivity index (χ0) is 22.9. The smallest absolute Gasteiger partial charge is 0.244 e. The van der Waals surface area contributed by atoms with Gasteiger partial charge >= 0.3 is 0 Å². The zero-order valence-corrected chi connectivity index (χ0v) is 19.8. The number of aromatic nitrogens is 3. The molecule has 0 spiro atoms. The summed E-state index contributed by atoms with van der Waals surface area (Å²) in [5, 5.41) is 12.7. The number of carbonyl (C=O) groups is 2. The number of hydrogen-bond donors (Lipinski definition) is 1. The Morgan fingerprint density at radius 2 is 1.85 bits per heavy atom. The zero-order valence-electron chi connectivity index (χ0n) is 18.2. The number of nitrogens with zero attached hydrogens (tertiary/aromatic N) is 4. The molecule has 0 radical (unpaired) electrons. The van der Waals surface area contributed by atoms with Crippen LogP contribution in [-0.2, 0) is 9.59 Å². The van der Waals surface area contributed by atoms with Crippen LogP contribution in [0.15, 0.2) is 53.7 Å². The van der Waals surface area contributed by atoms with Crippen LogP contribution < -0.4 is 10.2 Å². The summed E-state index contributed by atoms with van der Waals surface area (Å²) in [7, 11) is 0. The van der Waals surface area contributed by atoms with Crippen LogP contribution in [-0.4, -0.2) is 38.4 Å². The van der Waals surface area contributed by atoms with Gasteiger partial charge in [-0.05, 0) is 44.0 Å². The molecule has 5 rings (SSSR count). The van der Waals surface area contributed by atoms with E-state index >= 15 is 0 Å². The lowest BCUT2D eigenvalue weighted by atomic mass is 10.2. The first-order valence-electron chi connectivity index (χ1n) is 11.1. The number of para-hydroxylation sites is 2. The van der Waals surface area contributed by atoms with Gasteiger partial charge in [-0.1, -0.05) is 60.5 Å². The van der Waals surface area contributed by atoms with E-state index in [9.17, 15) is 9.59 Å². The van der Waals surface area contributed by atoms with Gasteiger partial charge in [0, 0.05) is 11.6 Å². The van der Waals surface area contributed by atoms with Crippen molar-refractivity contribution in [2.45, 2.75) is 49.1 Å². The normalized spacial score (nSPS) is 17.0. The fourth-order valence-corrected chi connectivity index (χ4v) is 5.73. The lowest BCUT2D eigenvalue weighted by Crippen LogP contribution is -2.45. The van der Waals surface area contributed by atoms with Crippen LogP contribution in [0.4, 0.5) is 11.4 Å². The number of amides is 2. The second-order valence-corrected chi connectivity index (χ2v) is 10.1. The molecule has 1 N–H and O–H groups in total. The van der Waals surface area contributed by atoms with Crippen molar-refractivity contribution in [1.82, 2.24) is 14.8 Å². The number of rotatable bonds is 5. The topological polar surface area (TPSA) is 80.1 Å². The highest BCUT2D eigenvalue weighted by Gasteiger charge is 2.32. The molecule has 1 fully saturated rings. The summed E-state index contributed by atoms with van der Waals surface area (Å²) in [6.45, 7) is 1.85. The number of hydrogen-bond acceptors (Lipinski definition) is 5. The van der Waals surface area contributed by atoms with Gasteiger partial charge in [-0.2, -0.15) is 0 Å². The maximum Gasteiger partial charge on any atom is 0.244 e. The predicted octanol–water partition coefficient (Wildman–Crippen LogP) is 5.18. The molecule has 33 heavy (non-hydrogen) atoms. The molecule has 2 heterocycles. The third-order valence-corrected chi connectivity index (χ3v) is 7.51. The number of benzene rings is 2. The molecular formula is C24H24ClN5O2S. The molecule has 7 nitrogen and oxygen atoms in total. The summed E-state index contributed by atoms with van der Waals surface area (Å²) in [5.74, 6) is 0.397. The van der Waals surface area contributed by atoms with Crippen LogP contribution >= 0.6 is 23.4 Å². The first-order chi connectivity index (χ1) is 16.0. The Morgan fingerprint density at radius 3 is 2.64 bits per heavy atom. The number of halogens is 1. The molecule has 170 valence electrons. The summed E-state index contributed by atoms with van der Waals surface area (Å²) in [6.07, 6.45) is 4.41. The number of thioether (sulfide) groups is 1. The Balaban J connectivity index is 1.45. The average Bonchev–Trinajstić information content (AvgIpc) is 3.48. The van der Waals surface area contributed by atoms with Gasteiger partial charge in [0.2, 0.25) is 11.8 Å². The van der Waals surface area contributed by atoms with Crippen molar-refractivity contribution in [3.8, 4) is 11.4 Å². The van der Waals surface area contributed by atoms with Crippen LogP contribution in [0.2, 0.25) is 5.02 Å². The maximum atomic E-state index is 13.4. The van der Waals surface area contributed by atoms with Crippen molar-refractivity contribution in [3.05, 3.63) is 53.6 Å². The molecule has 0 unspecified atom stereocenters. The fourth-order valence-electron chi connectivity index (χ4n) is 4.53. The summed E-state index contributed by atoms with van der Waals surface area (Å²) in [4.78, 5) is 27.2. The molecule has 0 saturated heterocycles. The minimum atomic E-state index is -0.451. The Morgan fingerprint density at radius 1 is 1.12 bits per heavy atom. The van der Waals surface area contributed by atoms with E-state index in [-0.39, 0.29) is 24.4 Å². The van der Waals surface area contributed by atoms with Crippen molar-refractivity contribution in [2.75, 3.05) is 16.8 Å². The predicted molar refractivity (Wildman–Crippen MR) is 131 cm³/mol. The highest BCUT2D eigenvalue weighted by atomic mass is 35.5. The molecule has 1 atom stereocenters. The van der Waals surface area contributed by atoms with Crippen LogP contribution in [0.25, 0.3) is 11.4 Å². The van der Waals surface area contributed by atoms with Gasteiger partial charge in [0.25, 0.3) is 0 Å². The summed E-state index contributed by atoms with van der Waals surface area (Å²) in [5.41, 5.74) is 2.20. The number of anilines is 2. The van der Waals surface area contributed by atoms with E-state index < -0.39 is 5.25 Å². The largest absolute Gasteiger partial charge is 0.323 e. The van der Waals surface area contributed by atoms with Gasteiger partial charge in [-0.15, -0.1) is 10.2 Å². The lowest BCUT2D eigenvalue weighted by Gasteiger charge is -2.30. The average molecular weight is 482 g/mol. The summed E-state index contributed by atoms with van der Waals surface area (Å²) in [6, 6.07) is 15.3. The Labute approximate surface area is 201 Å². The van der Waals surface area contributed by atoms with Gasteiger partial charge in [0.15, 0.2) is 11.0 Å². The van der Waals surface area contributed by atoms with Crippen LogP contribution in [0.5, 0.6) is 0 Å². The molecular weight excluding hydrogens is 458 g/mol. The van der Waals surface area contributed by atoms with Gasteiger partial charge in [-0.3, -0.25) is 19.1 Å². The summed E-state index contributed by atoms with van der Waals surface area (Å²) >= 11 is 7.86. The van der Waals surface area contributed by atoms with Gasteiger partial charge in [0.05, 0.1) is 21.6 Å². The van der Waals surface area contributed by atoms with Gasteiger partial charge < -0.3 is 5.32 Å². The van der Waals surface area contributed by atoms with E-state index in [0.29, 0.717) is 21.6 Å². The Hall–Kier alpha value is -2.84. The minimum Gasteiger partial charge on any atom is -0.323 e. The highest BCUT2D eigenvalue weighted by molar-refractivity contribution is 8.00. The van der Waals surface area contributed by atoms with Crippen LogP contribution in [0, 0.1) is 0 Å². The second kappa shape index (κ2) is 9.19. The monoisotopic (exact) mass is 481 g/mol. The van der Waals surface area contributed by atoms with E-state index in [1.54, 1.807) is 11.0 Å². The molecule has 2 aliphatic rings. The third kappa shape index (κ3) is 4.25. The maximum absolute atomic E-state index is 13.4. The van der Waals surface area contributed by atoms with Crippen molar-refractivity contribution in [1.29, 1.82) is 0 Å². The van der Waals surface area contributed by atoms with Crippen molar-refractivity contribution in [2.24, 2.45) is 0 Å². The van der Waals surface area contributed by atoms with Gasteiger partial charge in [-0.25, -0.2) is 0 Å². The SMILES string of the molecule is C[C@@H](Sc1nnc(-c2ccccc2Cl)n1C1CCCC1)C(=O)N1CC(=O)Nc2ccccc21. The number of nitrogens with one attached hydrogen (secondary N) is 1. The first kappa shape index (κ1) is 22.0.